The SMILES string of the molecule is CC(C)CCN(CCC(C)C)c1ccncc1Br. The number of nitrogens with zero attached hydrogens (tertiary/aromatic N) is 2. The summed E-state index contributed by atoms with van der Waals surface area (Å²) in [7, 11) is 0. The average molecular weight is 313 g/mol. The van der Waals surface area contributed by atoms with E-state index in [0.29, 0.717) is 0 Å². The van der Waals surface area contributed by atoms with E-state index in [0.717, 1.165) is 29.4 Å². The van der Waals surface area contributed by atoms with E-state index in [4.69, 9.17) is 0 Å². The Morgan fingerprint density at radius 2 is 1.67 bits per heavy atom. The van der Waals surface area contributed by atoms with E-state index in [-0.39, 0.29) is 0 Å². The third-order valence-electron chi connectivity index (χ3n) is 3.04. The Morgan fingerprint density at radius 3 is 2.11 bits per heavy atom. The normalized spacial score (nSPS) is 11.3. The zero-order valence-corrected chi connectivity index (χ0v) is 13.6. The highest BCUT2D eigenvalue weighted by atomic mass is 79.9. The van der Waals surface area contributed by atoms with Crippen molar-refractivity contribution in [2.24, 2.45) is 11.8 Å². The van der Waals surface area contributed by atoms with Gasteiger partial charge in [-0.15, -0.1) is 0 Å². The van der Waals surface area contributed by atoms with Crippen LogP contribution in [0.3, 0.4) is 0 Å². The Balaban J connectivity index is 2.73. The first-order valence-corrected chi connectivity index (χ1v) is 7.64. The van der Waals surface area contributed by atoms with E-state index < -0.39 is 0 Å². The second-order valence-electron chi connectivity index (χ2n) is 5.68. The summed E-state index contributed by atoms with van der Waals surface area (Å²) >= 11 is 3.61. The predicted molar refractivity (Wildman–Crippen MR) is 83.1 cm³/mol. The van der Waals surface area contributed by atoms with Crippen molar-refractivity contribution < 1.29 is 0 Å². The lowest BCUT2D eigenvalue weighted by Gasteiger charge is -2.27. The number of rotatable bonds is 7. The molecule has 0 spiro atoms. The monoisotopic (exact) mass is 312 g/mol. The first-order chi connectivity index (χ1) is 8.50. The molecule has 0 N–H and O–H groups in total. The van der Waals surface area contributed by atoms with Gasteiger partial charge < -0.3 is 4.90 Å². The number of halogens is 1. The minimum atomic E-state index is 0.743. The van der Waals surface area contributed by atoms with E-state index in [2.05, 4.69) is 59.6 Å². The molecular weight excluding hydrogens is 288 g/mol. The van der Waals surface area contributed by atoms with E-state index in [9.17, 15) is 0 Å². The third-order valence-corrected chi connectivity index (χ3v) is 3.66. The van der Waals surface area contributed by atoms with Gasteiger partial charge >= 0.3 is 0 Å². The molecule has 18 heavy (non-hydrogen) atoms. The summed E-state index contributed by atoms with van der Waals surface area (Å²) in [5.41, 5.74) is 1.27. The van der Waals surface area contributed by atoms with E-state index in [1.807, 2.05) is 12.4 Å². The molecule has 0 bridgehead atoms. The van der Waals surface area contributed by atoms with Gasteiger partial charge in [0.05, 0.1) is 10.2 Å². The van der Waals surface area contributed by atoms with Crippen LogP contribution in [0.5, 0.6) is 0 Å². The number of aromatic nitrogens is 1. The van der Waals surface area contributed by atoms with Gasteiger partial charge in [-0.3, -0.25) is 4.98 Å². The lowest BCUT2D eigenvalue weighted by Crippen LogP contribution is -2.27. The lowest BCUT2D eigenvalue weighted by atomic mass is 10.1. The summed E-state index contributed by atoms with van der Waals surface area (Å²) in [6.07, 6.45) is 6.21. The van der Waals surface area contributed by atoms with Gasteiger partial charge in [0.1, 0.15) is 0 Å². The fourth-order valence-electron chi connectivity index (χ4n) is 1.81. The summed E-state index contributed by atoms with van der Waals surface area (Å²) in [5.74, 6) is 1.49. The van der Waals surface area contributed by atoms with Gasteiger partial charge in [0.15, 0.2) is 0 Å². The highest BCUT2D eigenvalue weighted by Gasteiger charge is 2.11. The quantitative estimate of drug-likeness (QED) is 0.722. The van der Waals surface area contributed by atoms with Crippen LogP contribution < -0.4 is 4.90 Å². The molecule has 0 aliphatic carbocycles. The highest BCUT2D eigenvalue weighted by Crippen LogP contribution is 2.26. The molecule has 0 fully saturated rings. The molecule has 0 saturated heterocycles. The molecule has 1 aromatic heterocycles. The van der Waals surface area contributed by atoms with Crippen LogP contribution >= 0.6 is 15.9 Å². The molecule has 1 aromatic rings. The summed E-state index contributed by atoms with van der Waals surface area (Å²) < 4.78 is 1.09. The summed E-state index contributed by atoms with van der Waals surface area (Å²) in [4.78, 5) is 6.62. The third kappa shape index (κ3) is 5.38. The van der Waals surface area contributed by atoms with Crippen LogP contribution in [0.4, 0.5) is 5.69 Å². The van der Waals surface area contributed by atoms with Crippen molar-refractivity contribution in [3.63, 3.8) is 0 Å². The summed E-state index contributed by atoms with van der Waals surface area (Å²) in [5, 5.41) is 0. The van der Waals surface area contributed by atoms with Crippen LogP contribution in [0, 0.1) is 11.8 Å². The smallest absolute Gasteiger partial charge is 0.0592 e. The predicted octanol–water partition coefficient (Wildman–Crippen LogP) is 4.74. The van der Waals surface area contributed by atoms with Crippen molar-refractivity contribution in [1.29, 1.82) is 0 Å². The maximum Gasteiger partial charge on any atom is 0.0592 e. The second kappa shape index (κ2) is 7.78. The molecule has 1 rings (SSSR count). The van der Waals surface area contributed by atoms with Gasteiger partial charge in [-0.1, -0.05) is 27.7 Å². The maximum absolute atomic E-state index is 4.14. The molecule has 0 saturated carbocycles. The maximum atomic E-state index is 4.14. The van der Waals surface area contributed by atoms with Crippen LogP contribution in [0.25, 0.3) is 0 Å². The van der Waals surface area contributed by atoms with E-state index in [1.165, 1.54) is 18.5 Å². The van der Waals surface area contributed by atoms with E-state index in [1.54, 1.807) is 0 Å². The second-order valence-corrected chi connectivity index (χ2v) is 6.53. The van der Waals surface area contributed by atoms with Crippen molar-refractivity contribution in [3.8, 4) is 0 Å². The van der Waals surface area contributed by atoms with Gasteiger partial charge in [0.2, 0.25) is 0 Å². The van der Waals surface area contributed by atoms with Gasteiger partial charge in [-0.05, 0) is 46.7 Å². The number of anilines is 1. The van der Waals surface area contributed by atoms with Crippen LogP contribution in [-0.2, 0) is 0 Å². The van der Waals surface area contributed by atoms with Crippen LogP contribution in [-0.4, -0.2) is 18.1 Å². The van der Waals surface area contributed by atoms with Crippen LogP contribution in [0.15, 0.2) is 22.9 Å². The van der Waals surface area contributed by atoms with E-state index >= 15 is 0 Å². The van der Waals surface area contributed by atoms with Crippen LogP contribution in [0.2, 0.25) is 0 Å². The standard InChI is InChI=1S/C15H25BrN2/c1-12(2)6-9-18(10-7-13(3)4)15-5-8-17-11-14(15)16/h5,8,11-13H,6-7,9-10H2,1-4H3. The van der Waals surface area contributed by atoms with Gasteiger partial charge in [-0.25, -0.2) is 0 Å². The summed E-state index contributed by atoms with van der Waals surface area (Å²) in [6, 6.07) is 2.10. The highest BCUT2D eigenvalue weighted by molar-refractivity contribution is 9.10. The Kier molecular flexibility index (Phi) is 6.69. The zero-order chi connectivity index (χ0) is 13.5. The fraction of sp³-hybridized carbons (Fsp3) is 0.667. The molecule has 0 atom stereocenters. The molecule has 0 unspecified atom stereocenters. The van der Waals surface area contributed by atoms with Gasteiger partial charge in [0, 0.05) is 25.5 Å². The van der Waals surface area contributed by atoms with Crippen molar-refractivity contribution >= 4 is 21.6 Å². The molecule has 102 valence electrons. The fourth-order valence-corrected chi connectivity index (χ4v) is 2.31. The summed E-state index contributed by atoms with van der Waals surface area (Å²) in [6.45, 7) is 11.4. The van der Waals surface area contributed by atoms with Crippen molar-refractivity contribution in [2.45, 2.75) is 40.5 Å². The van der Waals surface area contributed by atoms with Gasteiger partial charge in [0.25, 0.3) is 0 Å². The topological polar surface area (TPSA) is 16.1 Å². The number of hydrogen-bond acceptors (Lipinski definition) is 2. The van der Waals surface area contributed by atoms with Crippen molar-refractivity contribution in [2.75, 3.05) is 18.0 Å². The molecule has 0 aliphatic rings. The number of hydrogen-bond donors (Lipinski definition) is 0. The van der Waals surface area contributed by atoms with Crippen molar-refractivity contribution in [3.05, 3.63) is 22.9 Å². The van der Waals surface area contributed by atoms with Crippen molar-refractivity contribution in [1.82, 2.24) is 4.98 Å². The first-order valence-electron chi connectivity index (χ1n) is 6.85. The molecule has 0 radical (unpaired) electrons. The largest absolute Gasteiger partial charge is 0.371 e. The molecule has 0 amide bonds. The Hall–Kier alpha value is -0.570. The first kappa shape index (κ1) is 15.5. The van der Waals surface area contributed by atoms with Gasteiger partial charge in [-0.2, -0.15) is 0 Å². The average Bonchev–Trinajstić information content (AvgIpc) is 2.30. The minimum absolute atomic E-state index is 0.743. The Morgan fingerprint density at radius 1 is 1.11 bits per heavy atom. The van der Waals surface area contributed by atoms with Crippen LogP contribution in [0.1, 0.15) is 40.5 Å². The molecule has 2 nitrogen and oxygen atoms in total. The minimum Gasteiger partial charge on any atom is -0.371 e. The number of pyridine rings is 1. The molecule has 0 aromatic carbocycles. The molecule has 1 heterocycles. The lowest BCUT2D eigenvalue weighted by molar-refractivity contribution is 0.535. The molecule has 3 heteroatoms. The zero-order valence-electron chi connectivity index (χ0n) is 12.0. The molecule has 0 aliphatic heterocycles. The Bertz CT molecular complexity index is 338. The molecular formula is C15H25BrN2. The Labute approximate surface area is 120 Å².